The van der Waals surface area contributed by atoms with Crippen LogP contribution in [0, 0.1) is 5.92 Å². The number of pyridine rings is 1. The van der Waals surface area contributed by atoms with Crippen molar-refractivity contribution >= 4 is 5.69 Å². The molecule has 3 nitrogen and oxygen atoms in total. The third-order valence-corrected chi connectivity index (χ3v) is 3.01. The number of nitrogens with zero attached hydrogens (tertiary/aromatic N) is 1. The van der Waals surface area contributed by atoms with E-state index in [4.69, 9.17) is 10.5 Å². The van der Waals surface area contributed by atoms with Gasteiger partial charge in [0.15, 0.2) is 0 Å². The van der Waals surface area contributed by atoms with Gasteiger partial charge in [-0.05, 0) is 18.8 Å². The van der Waals surface area contributed by atoms with E-state index in [0.717, 1.165) is 12.4 Å². The second-order valence-electron chi connectivity index (χ2n) is 4.23. The van der Waals surface area contributed by atoms with Gasteiger partial charge in [-0.25, -0.2) is 0 Å². The van der Waals surface area contributed by atoms with Gasteiger partial charge in [-0.3, -0.25) is 4.98 Å². The van der Waals surface area contributed by atoms with Crippen LogP contribution in [0.4, 0.5) is 5.69 Å². The maximum Gasteiger partial charge on any atom is 0.145 e. The molecule has 0 bridgehead atoms. The minimum Gasteiger partial charge on any atom is -0.491 e. The molecule has 1 fully saturated rings. The minimum absolute atomic E-state index is 0.633. The van der Waals surface area contributed by atoms with Gasteiger partial charge in [-0.15, -0.1) is 0 Å². The first-order valence-electron chi connectivity index (χ1n) is 5.68. The average Bonchev–Trinajstić information content (AvgIpc) is 2.29. The Hall–Kier alpha value is -1.25. The average molecular weight is 206 g/mol. The van der Waals surface area contributed by atoms with Gasteiger partial charge in [-0.2, -0.15) is 0 Å². The first kappa shape index (κ1) is 10.3. The van der Waals surface area contributed by atoms with Gasteiger partial charge in [0.2, 0.25) is 0 Å². The number of nitrogens with two attached hydrogens (primary N) is 1. The van der Waals surface area contributed by atoms with Gasteiger partial charge in [-0.1, -0.05) is 19.3 Å². The van der Waals surface area contributed by atoms with Gasteiger partial charge in [0.25, 0.3) is 0 Å². The molecule has 1 aliphatic carbocycles. The maximum atomic E-state index is 5.75. The first-order chi connectivity index (χ1) is 7.36. The van der Waals surface area contributed by atoms with Crippen LogP contribution in [0.15, 0.2) is 18.5 Å². The molecular formula is C12H18N2O. The molecule has 0 radical (unpaired) electrons. The standard InChI is InChI=1S/C12H18N2O/c13-11-8-14-7-6-12(11)15-9-10-4-2-1-3-5-10/h6-8,10H,1-5,9,13H2. The third kappa shape index (κ3) is 2.85. The SMILES string of the molecule is Nc1cnccc1OCC1CCCCC1. The van der Waals surface area contributed by atoms with Crippen LogP contribution in [0.5, 0.6) is 5.75 Å². The van der Waals surface area contributed by atoms with Gasteiger partial charge in [0.05, 0.1) is 18.5 Å². The smallest absolute Gasteiger partial charge is 0.145 e. The zero-order valence-electron chi connectivity index (χ0n) is 8.98. The van der Waals surface area contributed by atoms with Crippen LogP contribution < -0.4 is 10.5 Å². The number of anilines is 1. The Morgan fingerprint density at radius 3 is 2.87 bits per heavy atom. The molecule has 15 heavy (non-hydrogen) atoms. The topological polar surface area (TPSA) is 48.1 Å². The Labute approximate surface area is 90.7 Å². The van der Waals surface area contributed by atoms with Crippen molar-refractivity contribution in [2.24, 2.45) is 5.92 Å². The Morgan fingerprint density at radius 2 is 2.13 bits per heavy atom. The Morgan fingerprint density at radius 1 is 1.33 bits per heavy atom. The van der Waals surface area contributed by atoms with Crippen LogP contribution in [0.25, 0.3) is 0 Å². The molecule has 1 heterocycles. The molecule has 2 N–H and O–H groups in total. The van der Waals surface area contributed by atoms with E-state index in [1.54, 1.807) is 12.4 Å². The lowest BCUT2D eigenvalue weighted by molar-refractivity contribution is 0.209. The van der Waals surface area contributed by atoms with E-state index < -0.39 is 0 Å². The van der Waals surface area contributed by atoms with E-state index in [-0.39, 0.29) is 0 Å². The van der Waals surface area contributed by atoms with Crippen LogP contribution in [0.3, 0.4) is 0 Å². The second-order valence-corrected chi connectivity index (χ2v) is 4.23. The van der Waals surface area contributed by atoms with Crippen LogP contribution >= 0.6 is 0 Å². The lowest BCUT2D eigenvalue weighted by Gasteiger charge is -2.21. The fraction of sp³-hybridized carbons (Fsp3) is 0.583. The number of rotatable bonds is 3. The first-order valence-corrected chi connectivity index (χ1v) is 5.68. The number of hydrogen-bond donors (Lipinski definition) is 1. The molecule has 0 saturated heterocycles. The molecule has 0 aliphatic heterocycles. The van der Waals surface area contributed by atoms with E-state index in [2.05, 4.69) is 4.98 Å². The van der Waals surface area contributed by atoms with E-state index in [1.165, 1.54) is 32.1 Å². The summed E-state index contributed by atoms with van der Waals surface area (Å²) < 4.78 is 5.71. The molecule has 0 atom stereocenters. The largest absolute Gasteiger partial charge is 0.491 e. The normalized spacial score (nSPS) is 17.6. The molecule has 3 heteroatoms. The quantitative estimate of drug-likeness (QED) is 0.827. The van der Waals surface area contributed by atoms with E-state index in [0.29, 0.717) is 11.6 Å². The van der Waals surface area contributed by atoms with E-state index in [1.807, 2.05) is 6.07 Å². The molecule has 2 rings (SSSR count). The van der Waals surface area contributed by atoms with Crippen molar-refractivity contribution in [1.82, 2.24) is 4.98 Å². The summed E-state index contributed by atoms with van der Waals surface area (Å²) in [5, 5.41) is 0. The number of hydrogen-bond acceptors (Lipinski definition) is 3. The predicted octanol–water partition coefficient (Wildman–Crippen LogP) is 2.62. The fourth-order valence-electron chi connectivity index (χ4n) is 2.09. The van der Waals surface area contributed by atoms with Crippen LogP contribution in [0.2, 0.25) is 0 Å². The summed E-state index contributed by atoms with van der Waals surface area (Å²) >= 11 is 0. The minimum atomic E-state index is 0.633. The molecule has 0 spiro atoms. The zero-order valence-corrected chi connectivity index (χ0v) is 8.98. The Kier molecular flexibility index (Phi) is 3.43. The molecule has 0 amide bonds. The van der Waals surface area contributed by atoms with Gasteiger partial charge < -0.3 is 10.5 Å². The summed E-state index contributed by atoms with van der Waals surface area (Å²) in [5.74, 6) is 1.49. The highest BCUT2D eigenvalue weighted by Gasteiger charge is 2.14. The van der Waals surface area contributed by atoms with Crippen molar-refractivity contribution in [2.45, 2.75) is 32.1 Å². The Balaban J connectivity index is 1.84. The highest BCUT2D eigenvalue weighted by Crippen LogP contribution is 2.26. The molecule has 1 aromatic rings. The molecule has 1 saturated carbocycles. The fourth-order valence-corrected chi connectivity index (χ4v) is 2.09. The van der Waals surface area contributed by atoms with E-state index in [9.17, 15) is 0 Å². The molecular weight excluding hydrogens is 188 g/mol. The summed E-state index contributed by atoms with van der Waals surface area (Å²) in [6.07, 6.45) is 10.0. The van der Waals surface area contributed by atoms with Gasteiger partial charge >= 0.3 is 0 Å². The summed E-state index contributed by atoms with van der Waals surface area (Å²) in [7, 11) is 0. The number of aromatic nitrogens is 1. The number of ether oxygens (including phenoxy) is 1. The van der Waals surface area contributed by atoms with Crippen molar-refractivity contribution < 1.29 is 4.74 Å². The van der Waals surface area contributed by atoms with Crippen molar-refractivity contribution in [3.63, 3.8) is 0 Å². The third-order valence-electron chi connectivity index (χ3n) is 3.01. The predicted molar refractivity (Wildman–Crippen MR) is 60.7 cm³/mol. The van der Waals surface area contributed by atoms with Crippen molar-refractivity contribution in [3.8, 4) is 5.75 Å². The summed E-state index contributed by atoms with van der Waals surface area (Å²) in [6, 6.07) is 1.83. The van der Waals surface area contributed by atoms with E-state index >= 15 is 0 Å². The molecule has 1 aliphatic rings. The van der Waals surface area contributed by atoms with Gasteiger partial charge in [0, 0.05) is 12.3 Å². The number of nitrogen functional groups attached to an aromatic ring is 1. The van der Waals surface area contributed by atoms with Crippen molar-refractivity contribution in [1.29, 1.82) is 0 Å². The molecule has 82 valence electrons. The highest BCUT2D eigenvalue weighted by atomic mass is 16.5. The summed E-state index contributed by atoms with van der Waals surface area (Å²) in [6.45, 7) is 0.800. The van der Waals surface area contributed by atoms with Crippen molar-refractivity contribution in [2.75, 3.05) is 12.3 Å². The van der Waals surface area contributed by atoms with Crippen LogP contribution in [-0.2, 0) is 0 Å². The zero-order chi connectivity index (χ0) is 10.5. The summed E-state index contributed by atoms with van der Waals surface area (Å²) in [5.41, 5.74) is 6.38. The van der Waals surface area contributed by atoms with Crippen molar-refractivity contribution in [3.05, 3.63) is 18.5 Å². The van der Waals surface area contributed by atoms with Crippen LogP contribution in [0.1, 0.15) is 32.1 Å². The molecule has 1 aromatic heterocycles. The highest BCUT2D eigenvalue weighted by molar-refractivity contribution is 5.49. The second kappa shape index (κ2) is 5.01. The maximum absolute atomic E-state index is 5.75. The summed E-state index contributed by atoms with van der Waals surface area (Å²) in [4.78, 5) is 3.93. The monoisotopic (exact) mass is 206 g/mol. The molecule has 0 aromatic carbocycles. The molecule has 0 unspecified atom stereocenters. The van der Waals surface area contributed by atoms with Gasteiger partial charge in [0.1, 0.15) is 5.75 Å². The Bertz CT molecular complexity index is 308. The lowest BCUT2D eigenvalue weighted by Crippen LogP contribution is -2.15. The lowest BCUT2D eigenvalue weighted by atomic mass is 9.90. The van der Waals surface area contributed by atoms with Crippen LogP contribution in [-0.4, -0.2) is 11.6 Å².